The summed E-state index contributed by atoms with van der Waals surface area (Å²) in [5.74, 6) is -0.866. The minimum absolute atomic E-state index is 0.125. The third kappa shape index (κ3) is 4.69. The number of aryl methyl sites for hydroxylation is 2. The largest absolute Gasteiger partial charge is 0.459 e. The fraction of sp³-hybridized carbons (Fsp3) is 0.300. The number of carbonyl (C=O) groups excluding carboxylic acids is 2. The summed E-state index contributed by atoms with van der Waals surface area (Å²) in [4.78, 5) is 42.4. The fourth-order valence-corrected chi connectivity index (χ4v) is 3.77. The first kappa shape index (κ1) is 20.7. The molecular weight excluding hydrogens is 394 g/mol. The number of methoxy groups -OCH3 is 1. The van der Waals surface area contributed by atoms with E-state index < -0.39 is 5.97 Å². The molecule has 3 aromatic rings. The average Bonchev–Trinajstić information content (AvgIpc) is 3.03. The molecule has 2 aromatic heterocycles. The number of hydrogen-bond acceptors (Lipinski definition) is 7. The summed E-state index contributed by atoms with van der Waals surface area (Å²) in [5, 5.41) is 3.07. The van der Waals surface area contributed by atoms with Crippen molar-refractivity contribution >= 4 is 39.1 Å². The molecule has 1 amide bonds. The monoisotopic (exact) mass is 415 g/mol. The summed E-state index contributed by atoms with van der Waals surface area (Å²) in [6, 6.07) is 7.36. The summed E-state index contributed by atoms with van der Waals surface area (Å²) in [6.45, 7) is 3.86. The number of amides is 1. The van der Waals surface area contributed by atoms with E-state index >= 15 is 0 Å². The molecule has 0 aliphatic carbocycles. The van der Waals surface area contributed by atoms with Crippen molar-refractivity contribution in [3.63, 3.8) is 0 Å². The van der Waals surface area contributed by atoms with Gasteiger partial charge in [-0.05, 0) is 31.5 Å². The Balaban J connectivity index is 1.81. The van der Waals surface area contributed by atoms with Crippen molar-refractivity contribution in [3.8, 4) is 0 Å². The highest BCUT2D eigenvalue weighted by Crippen LogP contribution is 2.27. The van der Waals surface area contributed by atoms with E-state index in [0.29, 0.717) is 26.3 Å². The Morgan fingerprint density at radius 1 is 1.17 bits per heavy atom. The van der Waals surface area contributed by atoms with Gasteiger partial charge in [0, 0.05) is 12.8 Å². The van der Waals surface area contributed by atoms with Gasteiger partial charge in [-0.3, -0.25) is 14.2 Å². The van der Waals surface area contributed by atoms with Gasteiger partial charge in [-0.15, -0.1) is 11.3 Å². The lowest BCUT2D eigenvalue weighted by atomic mass is 10.2. The van der Waals surface area contributed by atoms with Crippen molar-refractivity contribution in [1.29, 1.82) is 0 Å². The molecule has 1 aromatic carbocycles. The zero-order chi connectivity index (χ0) is 21.0. The Hall–Kier alpha value is -3.04. The highest BCUT2D eigenvalue weighted by Gasteiger charge is 2.21. The molecule has 0 aliphatic heterocycles. The molecule has 29 heavy (non-hydrogen) atoms. The minimum atomic E-state index is -0.523. The number of ether oxygens (including phenoxy) is 2. The van der Waals surface area contributed by atoms with Gasteiger partial charge < -0.3 is 14.8 Å². The smallest absolute Gasteiger partial charge is 0.348 e. The summed E-state index contributed by atoms with van der Waals surface area (Å²) in [7, 11) is 1.51. The highest BCUT2D eigenvalue weighted by molar-refractivity contribution is 7.20. The predicted octanol–water partition coefficient (Wildman–Crippen LogP) is 2.52. The summed E-state index contributed by atoms with van der Waals surface area (Å²) in [5.41, 5.74) is 1.85. The predicted molar refractivity (Wildman–Crippen MR) is 111 cm³/mol. The van der Waals surface area contributed by atoms with Crippen molar-refractivity contribution in [2.75, 3.05) is 25.6 Å². The molecule has 1 N–H and O–H groups in total. The van der Waals surface area contributed by atoms with Crippen LogP contribution in [-0.2, 0) is 20.8 Å². The lowest BCUT2D eigenvalue weighted by Crippen LogP contribution is -2.27. The zero-order valence-corrected chi connectivity index (χ0v) is 17.2. The summed E-state index contributed by atoms with van der Waals surface area (Å²) in [6.07, 6.45) is 1.31. The number of nitrogens with zero attached hydrogens (tertiary/aromatic N) is 2. The molecule has 152 valence electrons. The van der Waals surface area contributed by atoms with Crippen LogP contribution >= 0.6 is 11.3 Å². The lowest BCUT2D eigenvalue weighted by Gasteiger charge is -2.07. The number of aromatic nitrogens is 2. The lowest BCUT2D eigenvalue weighted by molar-refractivity contribution is -0.116. The van der Waals surface area contributed by atoms with Crippen LogP contribution in [0.3, 0.4) is 0 Å². The van der Waals surface area contributed by atoms with Crippen LogP contribution in [0.25, 0.3) is 10.2 Å². The van der Waals surface area contributed by atoms with Gasteiger partial charge >= 0.3 is 5.97 Å². The Morgan fingerprint density at radius 3 is 2.59 bits per heavy atom. The van der Waals surface area contributed by atoms with Crippen molar-refractivity contribution in [3.05, 3.63) is 57.0 Å². The minimum Gasteiger partial charge on any atom is -0.459 e. The second-order valence-electron chi connectivity index (χ2n) is 6.46. The molecule has 0 fully saturated rings. The summed E-state index contributed by atoms with van der Waals surface area (Å²) < 4.78 is 11.2. The quantitative estimate of drug-likeness (QED) is 0.470. The Morgan fingerprint density at radius 2 is 1.90 bits per heavy atom. The molecule has 0 radical (unpaired) electrons. The number of thiophene rings is 1. The van der Waals surface area contributed by atoms with Gasteiger partial charge in [-0.25, -0.2) is 9.78 Å². The number of esters is 1. The van der Waals surface area contributed by atoms with E-state index in [2.05, 4.69) is 10.3 Å². The van der Waals surface area contributed by atoms with Gasteiger partial charge in [0.25, 0.3) is 5.56 Å². The van der Waals surface area contributed by atoms with Gasteiger partial charge in [0.05, 0.1) is 18.3 Å². The Kier molecular flexibility index (Phi) is 6.40. The van der Waals surface area contributed by atoms with Crippen LogP contribution in [0.15, 0.2) is 35.4 Å². The van der Waals surface area contributed by atoms with E-state index in [-0.39, 0.29) is 31.2 Å². The highest BCUT2D eigenvalue weighted by atomic mass is 32.1. The van der Waals surface area contributed by atoms with Crippen molar-refractivity contribution in [1.82, 2.24) is 9.55 Å². The number of benzene rings is 1. The molecule has 0 atom stereocenters. The molecule has 0 aliphatic rings. The topological polar surface area (TPSA) is 99.5 Å². The third-order valence-corrected chi connectivity index (χ3v) is 5.45. The molecule has 0 saturated heterocycles. The van der Waals surface area contributed by atoms with E-state index in [1.807, 2.05) is 19.1 Å². The standard InChI is InChI=1S/C20H21N3O5S/c1-12-4-6-14(7-5-12)22-15(24)10-23-11-21-18-16(19(23)25)13(2)17(29-18)20(26)28-9-8-27-3/h4-7,11H,8-10H2,1-3H3,(H,22,24). The number of hydrogen-bond donors (Lipinski definition) is 1. The number of fused-ring (bicyclic) bond motifs is 1. The van der Waals surface area contributed by atoms with E-state index in [4.69, 9.17) is 9.47 Å². The first-order chi connectivity index (χ1) is 13.9. The first-order valence-electron chi connectivity index (χ1n) is 8.92. The average molecular weight is 415 g/mol. The second-order valence-corrected chi connectivity index (χ2v) is 7.46. The van der Waals surface area contributed by atoms with Gasteiger partial charge in [-0.2, -0.15) is 0 Å². The molecule has 0 saturated carbocycles. The fourth-order valence-electron chi connectivity index (χ4n) is 2.74. The van der Waals surface area contributed by atoms with Crippen molar-refractivity contribution < 1.29 is 19.1 Å². The number of carbonyl (C=O) groups is 2. The SMILES string of the molecule is COCCOC(=O)c1sc2ncn(CC(=O)Nc3ccc(C)cc3)c(=O)c2c1C. The molecule has 9 heteroatoms. The maximum atomic E-state index is 12.9. The van der Waals surface area contributed by atoms with Crippen LogP contribution in [0, 0.1) is 13.8 Å². The molecule has 8 nitrogen and oxygen atoms in total. The van der Waals surface area contributed by atoms with Crippen LogP contribution in [0.5, 0.6) is 0 Å². The van der Waals surface area contributed by atoms with Gasteiger partial charge in [0.1, 0.15) is 22.9 Å². The maximum Gasteiger partial charge on any atom is 0.348 e. The Bertz CT molecular complexity index is 1100. The molecule has 3 rings (SSSR count). The van der Waals surface area contributed by atoms with E-state index in [1.165, 1.54) is 18.0 Å². The van der Waals surface area contributed by atoms with Crippen LogP contribution < -0.4 is 10.9 Å². The molecule has 2 heterocycles. The molecule has 0 spiro atoms. The number of nitrogens with one attached hydrogen (secondary N) is 1. The van der Waals surface area contributed by atoms with E-state index in [0.717, 1.165) is 16.9 Å². The van der Waals surface area contributed by atoms with Crippen LogP contribution in [-0.4, -0.2) is 41.8 Å². The zero-order valence-electron chi connectivity index (χ0n) is 16.4. The number of rotatable bonds is 7. The number of anilines is 1. The van der Waals surface area contributed by atoms with Crippen molar-refractivity contribution in [2.45, 2.75) is 20.4 Å². The molecule has 0 unspecified atom stereocenters. The summed E-state index contributed by atoms with van der Waals surface area (Å²) >= 11 is 1.10. The van der Waals surface area contributed by atoms with Gasteiger partial charge in [0.15, 0.2) is 0 Å². The Labute approximate surface area is 171 Å². The van der Waals surface area contributed by atoms with E-state index in [9.17, 15) is 14.4 Å². The molecule has 0 bridgehead atoms. The van der Waals surface area contributed by atoms with Gasteiger partial charge in [-0.1, -0.05) is 17.7 Å². The van der Waals surface area contributed by atoms with E-state index in [1.54, 1.807) is 19.1 Å². The third-order valence-electron chi connectivity index (χ3n) is 4.27. The van der Waals surface area contributed by atoms with Crippen LogP contribution in [0.4, 0.5) is 5.69 Å². The van der Waals surface area contributed by atoms with Crippen molar-refractivity contribution in [2.24, 2.45) is 0 Å². The normalized spacial score (nSPS) is 10.9. The first-order valence-corrected chi connectivity index (χ1v) is 9.73. The molecular formula is C20H21N3O5S. The second kappa shape index (κ2) is 8.97. The van der Waals surface area contributed by atoms with Crippen LogP contribution in [0.2, 0.25) is 0 Å². The van der Waals surface area contributed by atoms with Crippen LogP contribution in [0.1, 0.15) is 20.8 Å². The maximum absolute atomic E-state index is 12.9. The van der Waals surface area contributed by atoms with Gasteiger partial charge in [0.2, 0.25) is 5.91 Å².